The molecule has 7 heteroatoms. The molecule has 0 unspecified atom stereocenters. The van der Waals surface area contributed by atoms with Crippen LogP contribution in [0, 0.1) is 5.82 Å². The Bertz CT molecular complexity index is 1130. The normalized spacial score (nSPS) is 11.2. The maximum atomic E-state index is 13.2. The van der Waals surface area contributed by atoms with Gasteiger partial charge in [-0.3, -0.25) is 0 Å². The van der Waals surface area contributed by atoms with Gasteiger partial charge in [0.25, 0.3) is 0 Å². The SMILES string of the molecule is Fc1ccc(COc2ccc(Cl)cc2CNCCc2nc3ccccc3[nH]2)c(Cl)c1. The molecule has 30 heavy (non-hydrogen) atoms. The number of para-hydroxylation sites is 2. The van der Waals surface area contributed by atoms with E-state index in [0.29, 0.717) is 22.3 Å². The molecule has 0 amide bonds. The van der Waals surface area contributed by atoms with Crippen LogP contribution in [0.25, 0.3) is 11.0 Å². The van der Waals surface area contributed by atoms with E-state index in [1.54, 1.807) is 12.1 Å². The van der Waals surface area contributed by atoms with Crippen LogP contribution in [-0.4, -0.2) is 16.5 Å². The van der Waals surface area contributed by atoms with E-state index >= 15 is 0 Å². The smallest absolute Gasteiger partial charge is 0.124 e. The highest BCUT2D eigenvalue weighted by atomic mass is 35.5. The zero-order valence-corrected chi connectivity index (χ0v) is 17.6. The Morgan fingerprint density at radius 1 is 1.00 bits per heavy atom. The number of nitrogens with zero attached hydrogens (tertiary/aromatic N) is 1. The summed E-state index contributed by atoms with van der Waals surface area (Å²) in [6, 6.07) is 17.7. The van der Waals surface area contributed by atoms with Crippen molar-refractivity contribution in [3.63, 3.8) is 0 Å². The number of ether oxygens (including phenoxy) is 1. The van der Waals surface area contributed by atoms with Crippen LogP contribution in [0.15, 0.2) is 60.7 Å². The van der Waals surface area contributed by atoms with Crippen molar-refractivity contribution in [3.8, 4) is 5.75 Å². The Hall–Kier alpha value is -2.60. The van der Waals surface area contributed by atoms with Gasteiger partial charge in [0.1, 0.15) is 24.0 Å². The van der Waals surface area contributed by atoms with E-state index in [4.69, 9.17) is 27.9 Å². The molecule has 4 aromatic rings. The van der Waals surface area contributed by atoms with Crippen LogP contribution in [-0.2, 0) is 19.6 Å². The van der Waals surface area contributed by atoms with Gasteiger partial charge < -0.3 is 15.0 Å². The Balaban J connectivity index is 1.35. The van der Waals surface area contributed by atoms with Crippen molar-refractivity contribution in [1.29, 1.82) is 0 Å². The largest absolute Gasteiger partial charge is 0.489 e. The summed E-state index contributed by atoms with van der Waals surface area (Å²) in [4.78, 5) is 7.91. The molecule has 3 aromatic carbocycles. The van der Waals surface area contributed by atoms with Gasteiger partial charge >= 0.3 is 0 Å². The minimum atomic E-state index is -0.371. The van der Waals surface area contributed by atoms with E-state index in [1.165, 1.54) is 12.1 Å². The van der Waals surface area contributed by atoms with Gasteiger partial charge in [0.05, 0.1) is 16.1 Å². The summed E-state index contributed by atoms with van der Waals surface area (Å²) in [6.45, 7) is 1.58. The lowest BCUT2D eigenvalue weighted by Crippen LogP contribution is -2.18. The number of imidazole rings is 1. The molecule has 0 bridgehead atoms. The number of rotatable bonds is 8. The Kier molecular flexibility index (Phi) is 6.53. The fourth-order valence-corrected chi connectivity index (χ4v) is 3.59. The van der Waals surface area contributed by atoms with Gasteiger partial charge in [0.2, 0.25) is 0 Å². The summed E-state index contributed by atoms with van der Waals surface area (Å²) in [6.07, 6.45) is 0.774. The van der Waals surface area contributed by atoms with Gasteiger partial charge in [0.15, 0.2) is 0 Å². The molecular weight excluding hydrogens is 424 g/mol. The number of benzene rings is 3. The molecule has 0 atom stereocenters. The second-order valence-corrected chi connectivity index (χ2v) is 7.75. The molecule has 1 aromatic heterocycles. The van der Waals surface area contributed by atoms with Crippen molar-refractivity contribution in [1.82, 2.24) is 15.3 Å². The van der Waals surface area contributed by atoms with E-state index in [2.05, 4.69) is 15.3 Å². The molecule has 0 aliphatic carbocycles. The van der Waals surface area contributed by atoms with Gasteiger partial charge in [-0.05, 0) is 42.5 Å². The molecule has 4 nitrogen and oxygen atoms in total. The summed E-state index contributed by atoms with van der Waals surface area (Å²) >= 11 is 12.3. The highest BCUT2D eigenvalue weighted by Gasteiger charge is 2.08. The third-order valence-corrected chi connectivity index (χ3v) is 5.30. The molecule has 0 spiro atoms. The number of H-pyrrole nitrogens is 1. The quantitative estimate of drug-likeness (QED) is 0.332. The van der Waals surface area contributed by atoms with E-state index in [1.807, 2.05) is 36.4 Å². The zero-order chi connectivity index (χ0) is 20.9. The highest BCUT2D eigenvalue weighted by Crippen LogP contribution is 2.25. The van der Waals surface area contributed by atoms with Crippen molar-refractivity contribution in [3.05, 3.63) is 93.5 Å². The average Bonchev–Trinajstić information content (AvgIpc) is 3.14. The lowest BCUT2D eigenvalue weighted by molar-refractivity contribution is 0.302. The van der Waals surface area contributed by atoms with E-state index in [-0.39, 0.29) is 12.4 Å². The Labute approximate surface area is 184 Å². The predicted octanol–water partition coefficient (Wildman–Crippen LogP) is 5.92. The maximum Gasteiger partial charge on any atom is 0.124 e. The number of fused-ring (bicyclic) bond motifs is 1. The number of hydrogen-bond donors (Lipinski definition) is 2. The standard InChI is InChI=1S/C23H20Cl2FN3O/c24-17-6-8-22(30-14-15-5-7-18(26)12-19(15)25)16(11-17)13-27-10-9-23-28-20-3-1-2-4-21(20)29-23/h1-8,11-12,27H,9-10,13-14H2,(H,28,29). The maximum absolute atomic E-state index is 13.2. The Morgan fingerprint density at radius 2 is 1.87 bits per heavy atom. The van der Waals surface area contributed by atoms with Crippen LogP contribution >= 0.6 is 23.2 Å². The van der Waals surface area contributed by atoms with Crippen molar-refractivity contribution in [2.24, 2.45) is 0 Å². The van der Waals surface area contributed by atoms with Crippen molar-refractivity contribution in [2.75, 3.05) is 6.54 Å². The van der Waals surface area contributed by atoms with E-state index < -0.39 is 0 Å². The van der Waals surface area contributed by atoms with Crippen molar-refractivity contribution < 1.29 is 9.13 Å². The molecule has 0 aliphatic rings. The molecule has 2 N–H and O–H groups in total. The highest BCUT2D eigenvalue weighted by molar-refractivity contribution is 6.31. The fraction of sp³-hybridized carbons (Fsp3) is 0.174. The third-order valence-electron chi connectivity index (χ3n) is 4.71. The number of aromatic nitrogens is 2. The van der Waals surface area contributed by atoms with Gasteiger partial charge in [-0.25, -0.2) is 9.37 Å². The van der Waals surface area contributed by atoms with Crippen LogP contribution < -0.4 is 10.1 Å². The first-order valence-corrected chi connectivity index (χ1v) is 10.3. The molecule has 1 heterocycles. The first-order valence-electron chi connectivity index (χ1n) is 9.58. The molecule has 0 aliphatic heterocycles. The molecule has 4 rings (SSSR count). The lowest BCUT2D eigenvalue weighted by atomic mass is 10.2. The zero-order valence-electron chi connectivity index (χ0n) is 16.1. The van der Waals surface area contributed by atoms with Gasteiger partial charge in [-0.15, -0.1) is 0 Å². The minimum Gasteiger partial charge on any atom is -0.489 e. The van der Waals surface area contributed by atoms with Crippen LogP contribution in [0.3, 0.4) is 0 Å². The topological polar surface area (TPSA) is 49.9 Å². The number of aromatic amines is 1. The van der Waals surface area contributed by atoms with Gasteiger partial charge in [-0.1, -0.05) is 41.4 Å². The second kappa shape index (κ2) is 9.47. The minimum absolute atomic E-state index is 0.243. The third kappa shape index (κ3) is 5.11. The first-order chi connectivity index (χ1) is 14.6. The summed E-state index contributed by atoms with van der Waals surface area (Å²) in [5.74, 6) is 1.28. The van der Waals surface area contributed by atoms with Gasteiger partial charge in [0, 0.05) is 35.7 Å². The molecule has 0 radical (unpaired) electrons. The summed E-state index contributed by atoms with van der Waals surface area (Å²) in [5, 5.41) is 4.38. The Morgan fingerprint density at radius 3 is 2.70 bits per heavy atom. The van der Waals surface area contributed by atoms with Crippen molar-refractivity contribution >= 4 is 34.2 Å². The van der Waals surface area contributed by atoms with Crippen LogP contribution in [0.5, 0.6) is 5.75 Å². The lowest BCUT2D eigenvalue weighted by Gasteiger charge is -2.13. The number of hydrogen-bond acceptors (Lipinski definition) is 3. The van der Waals surface area contributed by atoms with Crippen LogP contribution in [0.1, 0.15) is 17.0 Å². The molecule has 154 valence electrons. The first kappa shape index (κ1) is 20.7. The summed E-state index contributed by atoms with van der Waals surface area (Å²) in [7, 11) is 0. The van der Waals surface area contributed by atoms with Crippen molar-refractivity contribution in [2.45, 2.75) is 19.6 Å². The van der Waals surface area contributed by atoms with Gasteiger partial charge in [-0.2, -0.15) is 0 Å². The molecule has 0 saturated heterocycles. The average molecular weight is 444 g/mol. The van der Waals surface area contributed by atoms with Crippen LogP contribution in [0.4, 0.5) is 4.39 Å². The van der Waals surface area contributed by atoms with E-state index in [9.17, 15) is 4.39 Å². The molecule has 0 fully saturated rings. The second-order valence-electron chi connectivity index (χ2n) is 6.90. The summed E-state index contributed by atoms with van der Waals surface area (Å²) in [5.41, 5.74) is 3.66. The number of halogens is 3. The monoisotopic (exact) mass is 443 g/mol. The fourth-order valence-electron chi connectivity index (χ4n) is 3.18. The number of nitrogens with one attached hydrogen (secondary N) is 2. The predicted molar refractivity (Wildman–Crippen MR) is 119 cm³/mol. The molecular formula is C23H20Cl2FN3O. The molecule has 0 saturated carbocycles. The summed E-state index contributed by atoms with van der Waals surface area (Å²) < 4.78 is 19.2. The van der Waals surface area contributed by atoms with E-state index in [0.717, 1.165) is 41.0 Å². The van der Waals surface area contributed by atoms with Crippen LogP contribution in [0.2, 0.25) is 10.0 Å².